The van der Waals surface area contributed by atoms with Gasteiger partial charge in [0.25, 0.3) is 0 Å². The highest BCUT2D eigenvalue weighted by molar-refractivity contribution is 5.57. The predicted octanol–water partition coefficient (Wildman–Crippen LogP) is 2.94. The smallest absolute Gasteiger partial charge is 0.125 e. The van der Waals surface area contributed by atoms with Gasteiger partial charge in [-0.3, -0.25) is 0 Å². The van der Waals surface area contributed by atoms with Crippen molar-refractivity contribution in [1.29, 1.82) is 0 Å². The average Bonchev–Trinajstić information content (AvgIpc) is 2.31. The van der Waals surface area contributed by atoms with Crippen LogP contribution in [0.4, 0.5) is 0 Å². The lowest BCUT2D eigenvalue weighted by Gasteiger charge is -2.18. The van der Waals surface area contributed by atoms with Gasteiger partial charge in [-0.2, -0.15) is 0 Å². The highest BCUT2D eigenvalue weighted by atomic mass is 16.5. The second-order valence-electron chi connectivity index (χ2n) is 3.27. The van der Waals surface area contributed by atoms with E-state index in [2.05, 4.69) is 0 Å². The summed E-state index contributed by atoms with van der Waals surface area (Å²) in [6, 6.07) is 0. The monoisotopic (exact) mass is 196 g/mol. The fourth-order valence-electron chi connectivity index (χ4n) is 1.62. The molecule has 1 aromatic carbocycles. The van der Waals surface area contributed by atoms with E-state index in [4.69, 9.17) is 12.2 Å². The molecule has 0 unspecified atom stereocenters. The minimum absolute atomic E-state index is 0.106. The van der Waals surface area contributed by atoms with E-state index in [-0.39, 0.29) is 13.8 Å². The van der Waals surface area contributed by atoms with Crippen molar-refractivity contribution >= 4 is 0 Å². The van der Waals surface area contributed by atoms with E-state index in [9.17, 15) is 0 Å². The molecule has 0 atom stereocenters. The van der Waals surface area contributed by atoms with Crippen molar-refractivity contribution in [1.82, 2.24) is 0 Å². The SMILES string of the molecule is [2H]Cc1c(C[2H])c(OC)c(C)c(C)c1OC. The Kier molecular flexibility index (Phi) is 2.28. The van der Waals surface area contributed by atoms with Crippen LogP contribution in [0.5, 0.6) is 11.5 Å². The van der Waals surface area contributed by atoms with Gasteiger partial charge >= 0.3 is 0 Å². The summed E-state index contributed by atoms with van der Waals surface area (Å²) < 4.78 is 25.8. The summed E-state index contributed by atoms with van der Waals surface area (Å²) in [4.78, 5) is 0. The van der Waals surface area contributed by atoms with Crippen LogP contribution in [0.2, 0.25) is 0 Å². The molecule has 0 amide bonds. The third kappa shape index (κ3) is 1.45. The molecule has 0 heterocycles. The van der Waals surface area contributed by atoms with E-state index in [1.807, 2.05) is 13.8 Å². The second kappa shape index (κ2) is 3.91. The summed E-state index contributed by atoms with van der Waals surface area (Å²) in [6.07, 6.45) is 0. The molecule has 0 aliphatic carbocycles. The minimum Gasteiger partial charge on any atom is -0.496 e. The van der Waals surface area contributed by atoms with Crippen LogP contribution in [0.25, 0.3) is 0 Å². The van der Waals surface area contributed by atoms with Crippen molar-refractivity contribution in [2.75, 3.05) is 14.2 Å². The summed E-state index contributed by atoms with van der Waals surface area (Å²) in [5.41, 5.74) is 3.49. The fourth-order valence-corrected chi connectivity index (χ4v) is 1.62. The van der Waals surface area contributed by atoms with Gasteiger partial charge in [0.1, 0.15) is 11.5 Å². The molecular weight excluding hydrogens is 176 g/mol. The van der Waals surface area contributed by atoms with Crippen LogP contribution in [-0.4, -0.2) is 14.2 Å². The summed E-state index contributed by atoms with van der Waals surface area (Å²) in [7, 11) is 3.20. The Bertz CT molecular complexity index is 352. The van der Waals surface area contributed by atoms with Crippen LogP contribution in [-0.2, 0) is 0 Å². The standard InChI is InChI=1S/C12H18O2/c1-7-8(2)12(14-6)10(4)9(3)11(7)13-5/h1-6H3/i1D,2D. The second-order valence-corrected chi connectivity index (χ2v) is 3.27. The molecule has 2 heteroatoms. The van der Waals surface area contributed by atoms with Crippen molar-refractivity contribution in [3.05, 3.63) is 22.3 Å². The molecule has 0 aliphatic rings. The van der Waals surface area contributed by atoms with E-state index in [0.29, 0.717) is 0 Å². The molecule has 0 N–H and O–H groups in total. The van der Waals surface area contributed by atoms with Gasteiger partial charge < -0.3 is 9.47 Å². The highest BCUT2D eigenvalue weighted by Gasteiger charge is 2.15. The first-order chi connectivity index (χ1) is 7.62. The van der Waals surface area contributed by atoms with Crippen LogP contribution >= 0.6 is 0 Å². The van der Waals surface area contributed by atoms with Gasteiger partial charge in [-0.05, 0) is 49.9 Å². The molecule has 0 aromatic heterocycles. The van der Waals surface area contributed by atoms with E-state index < -0.39 is 0 Å². The van der Waals surface area contributed by atoms with Gasteiger partial charge in [-0.1, -0.05) is 0 Å². The van der Waals surface area contributed by atoms with Crippen molar-refractivity contribution in [2.45, 2.75) is 27.6 Å². The molecule has 1 aromatic rings. The van der Waals surface area contributed by atoms with Gasteiger partial charge in [0.15, 0.2) is 0 Å². The van der Waals surface area contributed by atoms with E-state index in [1.54, 1.807) is 14.2 Å². The van der Waals surface area contributed by atoms with Crippen LogP contribution < -0.4 is 9.47 Å². The molecule has 14 heavy (non-hydrogen) atoms. The number of rotatable bonds is 2. The molecule has 2 nitrogen and oxygen atoms in total. The van der Waals surface area contributed by atoms with Crippen LogP contribution in [0.15, 0.2) is 0 Å². The zero-order chi connectivity index (χ0) is 12.3. The Hall–Kier alpha value is -1.18. The number of ether oxygens (including phenoxy) is 2. The summed E-state index contributed by atoms with van der Waals surface area (Å²) in [5, 5.41) is 0. The van der Waals surface area contributed by atoms with Crippen LogP contribution in [0.3, 0.4) is 0 Å². The van der Waals surface area contributed by atoms with Gasteiger partial charge in [-0.25, -0.2) is 0 Å². The molecule has 0 fully saturated rings. The Balaban J connectivity index is 3.61. The predicted molar refractivity (Wildman–Crippen MR) is 58.5 cm³/mol. The lowest BCUT2D eigenvalue weighted by atomic mass is 9.98. The first-order valence-corrected chi connectivity index (χ1v) is 4.43. The molecule has 78 valence electrons. The topological polar surface area (TPSA) is 18.5 Å². The quantitative estimate of drug-likeness (QED) is 0.724. The van der Waals surface area contributed by atoms with Crippen molar-refractivity contribution in [3.8, 4) is 11.5 Å². The third-order valence-corrected chi connectivity index (χ3v) is 2.56. The zero-order valence-electron chi connectivity index (χ0n) is 11.2. The van der Waals surface area contributed by atoms with Crippen molar-refractivity contribution < 1.29 is 12.2 Å². The van der Waals surface area contributed by atoms with Crippen LogP contribution in [0, 0.1) is 27.6 Å². The van der Waals surface area contributed by atoms with Crippen molar-refractivity contribution in [2.24, 2.45) is 0 Å². The largest absolute Gasteiger partial charge is 0.496 e. The van der Waals surface area contributed by atoms with Gasteiger partial charge in [0, 0.05) is 2.74 Å². The molecule has 0 radical (unpaired) electrons. The zero-order valence-corrected chi connectivity index (χ0v) is 9.23. The maximum atomic E-state index is 7.55. The molecule has 0 aliphatic heterocycles. The third-order valence-electron chi connectivity index (χ3n) is 2.56. The normalized spacial score (nSPS) is 12.0. The molecule has 0 saturated carbocycles. The first kappa shape index (κ1) is 8.16. The number of hydrogen-bond acceptors (Lipinski definition) is 2. The van der Waals surface area contributed by atoms with Gasteiger partial charge in [0.05, 0.1) is 14.2 Å². The minimum atomic E-state index is 0.106. The van der Waals surface area contributed by atoms with Gasteiger partial charge in [0.2, 0.25) is 0 Å². The molecule has 0 bridgehead atoms. The number of hydrogen-bond donors (Lipinski definition) is 0. The summed E-state index contributed by atoms with van der Waals surface area (Å²) in [6.45, 7) is 4.11. The average molecular weight is 196 g/mol. The molecule has 1 rings (SSSR count). The Morgan fingerprint density at radius 3 is 1.36 bits per heavy atom. The lowest BCUT2D eigenvalue weighted by Crippen LogP contribution is -2.00. The molecule has 0 saturated heterocycles. The molecule has 0 spiro atoms. The Morgan fingerprint density at radius 2 is 1.14 bits per heavy atom. The highest BCUT2D eigenvalue weighted by Crippen LogP contribution is 2.36. The number of benzene rings is 1. The molecular formula is C12H18O2. The van der Waals surface area contributed by atoms with E-state index >= 15 is 0 Å². The first-order valence-electron chi connectivity index (χ1n) is 5.85. The van der Waals surface area contributed by atoms with E-state index in [0.717, 1.165) is 33.8 Å². The van der Waals surface area contributed by atoms with Crippen molar-refractivity contribution in [3.63, 3.8) is 0 Å². The Labute approximate surface area is 88.7 Å². The maximum absolute atomic E-state index is 7.55. The summed E-state index contributed by atoms with van der Waals surface area (Å²) in [5.74, 6) is 1.44. The number of methoxy groups -OCH3 is 2. The fraction of sp³-hybridized carbons (Fsp3) is 0.500. The maximum Gasteiger partial charge on any atom is 0.125 e. The Morgan fingerprint density at radius 1 is 0.786 bits per heavy atom. The van der Waals surface area contributed by atoms with Gasteiger partial charge in [-0.15, -0.1) is 0 Å². The van der Waals surface area contributed by atoms with E-state index in [1.165, 1.54) is 0 Å². The van der Waals surface area contributed by atoms with Crippen LogP contribution in [0.1, 0.15) is 25.0 Å². The summed E-state index contributed by atoms with van der Waals surface area (Å²) >= 11 is 0. The lowest BCUT2D eigenvalue weighted by molar-refractivity contribution is 0.392.